The Balaban J connectivity index is 2.10. The van der Waals surface area contributed by atoms with Gasteiger partial charge in [0.2, 0.25) is 0 Å². The summed E-state index contributed by atoms with van der Waals surface area (Å²) in [5.41, 5.74) is 2.46. The summed E-state index contributed by atoms with van der Waals surface area (Å²) in [5, 5.41) is 8.76. The minimum Gasteiger partial charge on any atom is -0.254 e. The van der Waals surface area contributed by atoms with Crippen LogP contribution in [0.25, 0.3) is 0 Å². The Hall–Kier alpha value is -1.14. The van der Waals surface area contributed by atoms with E-state index in [-0.39, 0.29) is 5.41 Å². The van der Waals surface area contributed by atoms with Crippen LogP contribution in [0, 0.1) is 30.6 Å². The molecule has 0 radical (unpaired) electrons. The van der Waals surface area contributed by atoms with Gasteiger partial charge in [0, 0.05) is 17.1 Å². The summed E-state index contributed by atoms with van der Waals surface area (Å²) >= 11 is 0. The molecule has 1 atom stereocenters. The van der Waals surface area contributed by atoms with Gasteiger partial charge in [-0.05, 0) is 55.4 Å². The molecule has 1 unspecified atom stereocenters. The molecule has 1 aromatic carbocycles. The van der Waals surface area contributed by atoms with Gasteiger partial charge in [0.1, 0.15) is 0 Å². The molecule has 0 aliphatic heterocycles. The first-order valence-electron chi connectivity index (χ1n) is 5.89. The summed E-state index contributed by atoms with van der Waals surface area (Å²) in [4.78, 5) is 0.900. The maximum absolute atomic E-state index is 12.2. The summed E-state index contributed by atoms with van der Waals surface area (Å²) < 4.78 is 12.2. The number of benzene rings is 1. The van der Waals surface area contributed by atoms with Crippen LogP contribution >= 0.6 is 0 Å². The van der Waals surface area contributed by atoms with Crippen molar-refractivity contribution in [2.24, 2.45) is 5.41 Å². The number of rotatable bonds is 4. The summed E-state index contributed by atoms with van der Waals surface area (Å²) in [5.74, 6) is 0.642. The molecule has 1 fully saturated rings. The van der Waals surface area contributed by atoms with Gasteiger partial charge in [0.05, 0.1) is 16.9 Å². The molecule has 0 aromatic heterocycles. The smallest absolute Gasteiger partial charge is 0.0627 e. The van der Waals surface area contributed by atoms with Gasteiger partial charge in [-0.25, -0.2) is 0 Å². The number of nitrogens with zero attached hydrogens (tertiary/aromatic N) is 1. The van der Waals surface area contributed by atoms with E-state index in [0.29, 0.717) is 12.2 Å². The molecule has 0 N–H and O–H groups in total. The highest BCUT2D eigenvalue weighted by Crippen LogP contribution is 2.49. The quantitative estimate of drug-likeness (QED) is 0.820. The molecule has 0 heterocycles. The number of hydrogen-bond acceptors (Lipinski definition) is 2. The number of nitriles is 1. The van der Waals surface area contributed by atoms with Crippen LogP contribution in [0.15, 0.2) is 23.1 Å². The molecule has 1 aliphatic carbocycles. The van der Waals surface area contributed by atoms with Gasteiger partial charge in [-0.2, -0.15) is 5.26 Å². The molecule has 0 amide bonds. The fourth-order valence-corrected chi connectivity index (χ4v) is 3.58. The fraction of sp³-hybridized carbons (Fsp3) is 0.500. The summed E-state index contributed by atoms with van der Waals surface area (Å²) in [6.45, 7) is 4.10. The lowest BCUT2D eigenvalue weighted by atomic mass is 10.1. The van der Waals surface area contributed by atoms with Crippen LogP contribution in [0.4, 0.5) is 0 Å². The molecule has 1 saturated carbocycles. The first-order chi connectivity index (χ1) is 8.06. The van der Waals surface area contributed by atoms with E-state index in [9.17, 15) is 4.21 Å². The normalized spacial score (nSPS) is 18.4. The highest BCUT2D eigenvalue weighted by molar-refractivity contribution is 7.85. The van der Waals surface area contributed by atoms with E-state index in [0.717, 1.165) is 17.7 Å². The minimum absolute atomic E-state index is 0.0540. The molecule has 0 saturated heterocycles. The van der Waals surface area contributed by atoms with Crippen molar-refractivity contribution in [3.05, 3.63) is 29.3 Å². The van der Waals surface area contributed by atoms with E-state index < -0.39 is 10.8 Å². The second kappa shape index (κ2) is 4.62. The lowest BCUT2D eigenvalue weighted by molar-refractivity contribution is 0.587. The molecule has 2 nitrogen and oxygen atoms in total. The van der Waals surface area contributed by atoms with Crippen LogP contribution in [0.1, 0.15) is 30.4 Å². The standard InChI is InChI=1S/C14H17NOS/c1-11-3-4-13(9-12(11)2)17(16)10-14(5-6-14)7-8-15/h3-4,9H,5-7,10H2,1-2H3. The van der Waals surface area contributed by atoms with E-state index in [1.54, 1.807) is 0 Å². The van der Waals surface area contributed by atoms with Crippen molar-refractivity contribution in [3.63, 3.8) is 0 Å². The zero-order valence-corrected chi connectivity index (χ0v) is 11.1. The topological polar surface area (TPSA) is 40.9 Å². The lowest BCUT2D eigenvalue weighted by Crippen LogP contribution is -2.12. The monoisotopic (exact) mass is 247 g/mol. The fourth-order valence-electron chi connectivity index (χ4n) is 1.93. The first kappa shape index (κ1) is 12.3. The zero-order valence-electron chi connectivity index (χ0n) is 10.3. The Kier molecular flexibility index (Phi) is 3.35. The highest BCUT2D eigenvalue weighted by atomic mass is 32.2. The maximum Gasteiger partial charge on any atom is 0.0627 e. The molecule has 1 aromatic rings. The number of hydrogen-bond donors (Lipinski definition) is 0. The first-order valence-corrected chi connectivity index (χ1v) is 7.21. The Morgan fingerprint density at radius 2 is 2.06 bits per heavy atom. The molecular weight excluding hydrogens is 230 g/mol. The predicted octanol–water partition coefficient (Wildman–Crippen LogP) is 3.10. The van der Waals surface area contributed by atoms with E-state index in [1.807, 2.05) is 25.1 Å². The second-order valence-corrected chi connectivity index (χ2v) is 6.52. The number of aryl methyl sites for hydroxylation is 2. The summed E-state index contributed by atoms with van der Waals surface area (Å²) in [7, 11) is -0.961. The van der Waals surface area contributed by atoms with Crippen LogP contribution in [-0.2, 0) is 10.8 Å². The maximum atomic E-state index is 12.2. The summed E-state index contributed by atoms with van der Waals surface area (Å²) in [6, 6.07) is 8.19. The third-order valence-electron chi connectivity index (χ3n) is 3.59. The van der Waals surface area contributed by atoms with E-state index in [4.69, 9.17) is 5.26 Å². The average Bonchev–Trinajstić information content (AvgIpc) is 3.02. The van der Waals surface area contributed by atoms with E-state index in [2.05, 4.69) is 13.0 Å². The molecular formula is C14H17NOS. The Morgan fingerprint density at radius 3 is 2.59 bits per heavy atom. The van der Waals surface area contributed by atoms with Crippen molar-refractivity contribution in [1.29, 1.82) is 5.26 Å². The van der Waals surface area contributed by atoms with Gasteiger partial charge in [-0.3, -0.25) is 4.21 Å². The van der Waals surface area contributed by atoms with Crippen molar-refractivity contribution in [2.75, 3.05) is 5.75 Å². The molecule has 3 heteroatoms. The molecule has 17 heavy (non-hydrogen) atoms. The van der Waals surface area contributed by atoms with Crippen LogP contribution in [0.3, 0.4) is 0 Å². The van der Waals surface area contributed by atoms with Gasteiger partial charge >= 0.3 is 0 Å². The Bertz CT molecular complexity index is 497. The van der Waals surface area contributed by atoms with Crippen LogP contribution in [0.5, 0.6) is 0 Å². The van der Waals surface area contributed by atoms with Crippen molar-refractivity contribution in [1.82, 2.24) is 0 Å². The SMILES string of the molecule is Cc1ccc(S(=O)CC2(CC#N)CC2)cc1C. The third kappa shape index (κ3) is 2.76. The molecule has 0 spiro atoms. The zero-order chi connectivity index (χ0) is 12.5. The average molecular weight is 247 g/mol. The van der Waals surface area contributed by atoms with Crippen molar-refractivity contribution in [3.8, 4) is 6.07 Å². The molecule has 2 rings (SSSR count). The van der Waals surface area contributed by atoms with Crippen LogP contribution in [0.2, 0.25) is 0 Å². The summed E-state index contributed by atoms with van der Waals surface area (Å²) in [6.07, 6.45) is 2.65. The Morgan fingerprint density at radius 1 is 1.35 bits per heavy atom. The van der Waals surface area contributed by atoms with E-state index >= 15 is 0 Å². The highest BCUT2D eigenvalue weighted by Gasteiger charge is 2.43. The predicted molar refractivity (Wildman–Crippen MR) is 69.1 cm³/mol. The van der Waals surface area contributed by atoms with Crippen LogP contribution in [-0.4, -0.2) is 9.96 Å². The van der Waals surface area contributed by atoms with Crippen molar-refractivity contribution >= 4 is 10.8 Å². The van der Waals surface area contributed by atoms with Gasteiger partial charge in [0.25, 0.3) is 0 Å². The second-order valence-electron chi connectivity index (χ2n) is 5.07. The van der Waals surface area contributed by atoms with Crippen molar-refractivity contribution in [2.45, 2.75) is 38.0 Å². The molecule has 0 bridgehead atoms. The lowest BCUT2D eigenvalue weighted by Gasteiger charge is -2.11. The largest absolute Gasteiger partial charge is 0.254 e. The van der Waals surface area contributed by atoms with Crippen molar-refractivity contribution < 1.29 is 4.21 Å². The van der Waals surface area contributed by atoms with E-state index in [1.165, 1.54) is 11.1 Å². The third-order valence-corrected chi connectivity index (χ3v) is 5.24. The van der Waals surface area contributed by atoms with Gasteiger partial charge < -0.3 is 0 Å². The van der Waals surface area contributed by atoms with Gasteiger partial charge in [0.15, 0.2) is 0 Å². The van der Waals surface area contributed by atoms with Gasteiger partial charge in [-0.1, -0.05) is 6.07 Å². The minimum atomic E-state index is -0.961. The molecule has 90 valence electrons. The van der Waals surface area contributed by atoms with Gasteiger partial charge in [-0.15, -0.1) is 0 Å². The molecule has 1 aliphatic rings. The Labute approximate surface area is 105 Å². The van der Waals surface area contributed by atoms with Crippen LogP contribution < -0.4 is 0 Å².